The Labute approximate surface area is 174 Å². The van der Waals surface area contributed by atoms with Crippen LogP contribution in [0, 0.1) is 11.8 Å². The van der Waals surface area contributed by atoms with Gasteiger partial charge in [0.05, 0.1) is 13.7 Å². The van der Waals surface area contributed by atoms with Gasteiger partial charge in [-0.05, 0) is 60.3 Å². The van der Waals surface area contributed by atoms with Gasteiger partial charge in [0, 0.05) is 11.6 Å². The molecule has 1 heterocycles. The number of methoxy groups -OCH3 is 1. The van der Waals surface area contributed by atoms with Crippen molar-refractivity contribution in [1.82, 2.24) is 5.32 Å². The summed E-state index contributed by atoms with van der Waals surface area (Å²) in [5, 5.41) is 3.27. The number of nitrogens with zero attached hydrogens (tertiary/aromatic N) is 1. The molecule has 152 valence electrons. The third kappa shape index (κ3) is 5.06. The van der Waals surface area contributed by atoms with Gasteiger partial charge in [-0.25, -0.2) is 0 Å². The molecule has 1 amide bonds. The first-order valence-electron chi connectivity index (χ1n) is 9.74. The van der Waals surface area contributed by atoms with E-state index in [9.17, 15) is 4.79 Å². The molecule has 4 nitrogen and oxygen atoms in total. The number of ether oxygens (including phenoxy) is 1. The first kappa shape index (κ1) is 22.3. The van der Waals surface area contributed by atoms with Crippen molar-refractivity contribution in [1.29, 1.82) is 0 Å². The average Bonchev–Trinajstić information content (AvgIpc) is 2.64. The summed E-state index contributed by atoms with van der Waals surface area (Å²) in [7, 11) is 1.65. The number of benzene rings is 2. The predicted molar refractivity (Wildman–Crippen MR) is 117 cm³/mol. The van der Waals surface area contributed by atoms with Crippen LogP contribution in [-0.2, 0) is 11.3 Å². The second kappa shape index (κ2) is 9.94. The highest BCUT2D eigenvalue weighted by atomic mass is 35.5. The fourth-order valence-electron chi connectivity index (χ4n) is 3.36. The lowest BCUT2D eigenvalue weighted by atomic mass is 9.87. The molecule has 28 heavy (non-hydrogen) atoms. The van der Waals surface area contributed by atoms with Gasteiger partial charge in [-0.15, -0.1) is 12.4 Å². The van der Waals surface area contributed by atoms with Crippen LogP contribution in [0.25, 0.3) is 0 Å². The van der Waals surface area contributed by atoms with Crippen molar-refractivity contribution in [3.63, 3.8) is 0 Å². The molecule has 1 N–H and O–H groups in total. The molecule has 1 fully saturated rings. The van der Waals surface area contributed by atoms with E-state index < -0.39 is 0 Å². The molecule has 0 bridgehead atoms. The van der Waals surface area contributed by atoms with Gasteiger partial charge in [-0.1, -0.05) is 45.0 Å². The first-order chi connectivity index (χ1) is 13.0. The number of carbonyl (C=O) groups excluding carboxylic acids is 1. The molecule has 1 saturated heterocycles. The molecule has 1 unspecified atom stereocenters. The Bertz CT molecular complexity index is 755. The number of halogens is 1. The molecule has 0 aromatic heterocycles. The lowest BCUT2D eigenvalue weighted by Crippen LogP contribution is -2.50. The summed E-state index contributed by atoms with van der Waals surface area (Å²) in [5.74, 6) is 1.90. The van der Waals surface area contributed by atoms with Crippen molar-refractivity contribution >= 4 is 24.0 Å². The minimum atomic E-state index is 0. The molecule has 2 aromatic rings. The number of anilines is 1. The molecule has 3 rings (SSSR count). The summed E-state index contributed by atoms with van der Waals surface area (Å²) in [6.07, 6.45) is 0. The molecular weight excluding hydrogens is 372 g/mol. The minimum absolute atomic E-state index is 0. The van der Waals surface area contributed by atoms with Crippen molar-refractivity contribution < 1.29 is 9.53 Å². The maximum Gasteiger partial charge on any atom is 0.230 e. The number of carbonyl (C=O) groups is 1. The van der Waals surface area contributed by atoms with Crippen LogP contribution in [0.4, 0.5) is 5.69 Å². The monoisotopic (exact) mass is 402 g/mol. The Morgan fingerprint density at radius 1 is 1.07 bits per heavy atom. The quantitative estimate of drug-likeness (QED) is 0.734. The molecule has 0 saturated carbocycles. The Kier molecular flexibility index (Phi) is 7.90. The van der Waals surface area contributed by atoms with Crippen LogP contribution in [0.2, 0.25) is 0 Å². The van der Waals surface area contributed by atoms with Crippen LogP contribution in [-0.4, -0.2) is 26.1 Å². The van der Waals surface area contributed by atoms with E-state index in [0.29, 0.717) is 18.4 Å². The summed E-state index contributed by atoms with van der Waals surface area (Å²) in [6, 6.07) is 16.3. The Morgan fingerprint density at radius 3 is 2.14 bits per heavy atom. The summed E-state index contributed by atoms with van der Waals surface area (Å²) in [4.78, 5) is 15.2. The van der Waals surface area contributed by atoms with Crippen LogP contribution >= 0.6 is 12.4 Å². The zero-order valence-corrected chi connectivity index (χ0v) is 18.0. The van der Waals surface area contributed by atoms with Gasteiger partial charge < -0.3 is 15.0 Å². The molecule has 1 atom stereocenters. The highest BCUT2D eigenvalue weighted by Gasteiger charge is 2.32. The van der Waals surface area contributed by atoms with Crippen LogP contribution in [0.3, 0.4) is 0 Å². The average molecular weight is 403 g/mol. The van der Waals surface area contributed by atoms with E-state index in [-0.39, 0.29) is 24.2 Å². The maximum atomic E-state index is 13.3. The topological polar surface area (TPSA) is 41.6 Å². The Hall–Kier alpha value is -2.04. The summed E-state index contributed by atoms with van der Waals surface area (Å²) < 4.78 is 5.26. The molecule has 1 aliphatic heterocycles. The number of rotatable bonds is 7. The molecule has 0 spiro atoms. The fraction of sp³-hybridized carbons (Fsp3) is 0.435. The van der Waals surface area contributed by atoms with E-state index in [1.807, 2.05) is 36.1 Å². The van der Waals surface area contributed by atoms with Gasteiger partial charge in [0.15, 0.2) is 0 Å². The molecular formula is C23H31ClN2O2. The number of hydrogen-bond acceptors (Lipinski definition) is 3. The lowest BCUT2D eigenvalue weighted by Gasteiger charge is -2.35. The third-order valence-corrected chi connectivity index (χ3v) is 5.55. The second-order valence-electron chi connectivity index (χ2n) is 7.73. The highest BCUT2D eigenvalue weighted by Crippen LogP contribution is 2.27. The van der Waals surface area contributed by atoms with E-state index in [0.717, 1.165) is 30.1 Å². The maximum absolute atomic E-state index is 13.3. The van der Waals surface area contributed by atoms with E-state index in [2.05, 4.69) is 43.4 Å². The van der Waals surface area contributed by atoms with Gasteiger partial charge in [-0.2, -0.15) is 0 Å². The van der Waals surface area contributed by atoms with Gasteiger partial charge in [-0.3, -0.25) is 4.79 Å². The first-order valence-corrected chi connectivity index (χ1v) is 9.74. The third-order valence-electron chi connectivity index (χ3n) is 5.55. The normalized spacial score (nSPS) is 14.8. The molecule has 5 heteroatoms. The van der Waals surface area contributed by atoms with Crippen LogP contribution in [0.15, 0.2) is 48.5 Å². The molecule has 0 radical (unpaired) electrons. The van der Waals surface area contributed by atoms with Gasteiger partial charge in [0.2, 0.25) is 5.91 Å². The molecule has 1 aliphatic rings. The number of hydrogen-bond donors (Lipinski definition) is 1. The van der Waals surface area contributed by atoms with E-state index >= 15 is 0 Å². The standard InChI is InChI=1S/C23H30N2O2.ClH/c1-16(2)19-7-5-18(6-8-19)15-25(21-9-11-22(27-4)12-10-21)23(26)17(3)20-13-24-14-20;/h5-12,16-17,20,24H,13-15H2,1-4H3;1H. The SMILES string of the molecule is COc1ccc(N(Cc2ccc(C(C)C)cc2)C(=O)C(C)C2CNC2)cc1.Cl. The summed E-state index contributed by atoms with van der Waals surface area (Å²) >= 11 is 0. The zero-order chi connectivity index (χ0) is 19.4. The predicted octanol–water partition coefficient (Wildman–Crippen LogP) is 4.63. The van der Waals surface area contributed by atoms with Crippen molar-refractivity contribution in [2.75, 3.05) is 25.1 Å². The number of nitrogens with one attached hydrogen (secondary N) is 1. The zero-order valence-electron chi connectivity index (χ0n) is 17.1. The largest absolute Gasteiger partial charge is 0.497 e. The molecule has 0 aliphatic carbocycles. The van der Waals surface area contributed by atoms with E-state index in [1.54, 1.807) is 7.11 Å². The minimum Gasteiger partial charge on any atom is -0.497 e. The van der Waals surface area contributed by atoms with Gasteiger partial charge in [0.1, 0.15) is 5.75 Å². The second-order valence-corrected chi connectivity index (χ2v) is 7.73. The Morgan fingerprint density at radius 2 is 1.68 bits per heavy atom. The van der Waals surface area contributed by atoms with Crippen LogP contribution in [0.1, 0.15) is 37.8 Å². The smallest absolute Gasteiger partial charge is 0.230 e. The summed E-state index contributed by atoms with van der Waals surface area (Å²) in [6.45, 7) is 8.85. The van der Waals surface area contributed by atoms with Crippen molar-refractivity contribution in [2.45, 2.75) is 33.2 Å². The van der Waals surface area contributed by atoms with Crippen molar-refractivity contribution in [2.24, 2.45) is 11.8 Å². The van der Waals surface area contributed by atoms with Crippen molar-refractivity contribution in [3.8, 4) is 5.75 Å². The lowest BCUT2D eigenvalue weighted by molar-refractivity contribution is -0.124. The summed E-state index contributed by atoms with van der Waals surface area (Å²) in [5.41, 5.74) is 3.37. The Balaban J connectivity index is 0.00000280. The highest BCUT2D eigenvalue weighted by molar-refractivity contribution is 5.95. The van der Waals surface area contributed by atoms with E-state index in [4.69, 9.17) is 4.74 Å². The molecule has 2 aromatic carbocycles. The number of amides is 1. The van der Waals surface area contributed by atoms with Crippen LogP contribution < -0.4 is 15.0 Å². The van der Waals surface area contributed by atoms with Crippen molar-refractivity contribution in [3.05, 3.63) is 59.7 Å². The fourth-order valence-corrected chi connectivity index (χ4v) is 3.36. The van der Waals surface area contributed by atoms with Crippen LogP contribution in [0.5, 0.6) is 5.75 Å². The van der Waals surface area contributed by atoms with Gasteiger partial charge in [0.25, 0.3) is 0 Å². The van der Waals surface area contributed by atoms with E-state index in [1.165, 1.54) is 5.56 Å². The van der Waals surface area contributed by atoms with Gasteiger partial charge >= 0.3 is 0 Å².